The summed E-state index contributed by atoms with van der Waals surface area (Å²) in [6.45, 7) is 0. The van der Waals surface area contributed by atoms with Gasteiger partial charge < -0.3 is 0 Å². The van der Waals surface area contributed by atoms with Gasteiger partial charge in [-0.2, -0.15) is 11.3 Å². The molecule has 0 bridgehead atoms. The Labute approximate surface area is 112 Å². The van der Waals surface area contributed by atoms with Crippen LogP contribution in [0.4, 0.5) is 0 Å². The molecule has 0 N–H and O–H groups in total. The van der Waals surface area contributed by atoms with Crippen molar-refractivity contribution in [1.82, 2.24) is 0 Å². The molecule has 0 radical (unpaired) electrons. The van der Waals surface area contributed by atoms with Crippen LogP contribution in [0.25, 0.3) is 0 Å². The Hall–Kier alpha value is -0.0600. The zero-order valence-corrected chi connectivity index (χ0v) is 12.0. The van der Waals surface area contributed by atoms with E-state index in [1.54, 1.807) is 11.3 Å². The number of hydrogen-bond acceptors (Lipinski definition) is 3. The second-order valence-corrected chi connectivity index (χ2v) is 8.07. The number of halogens is 1. The van der Waals surface area contributed by atoms with E-state index < -0.39 is 9.84 Å². The minimum absolute atomic E-state index is 0.274. The van der Waals surface area contributed by atoms with Gasteiger partial charge in [-0.3, -0.25) is 0 Å². The lowest BCUT2D eigenvalue weighted by Crippen LogP contribution is -2.18. The quantitative estimate of drug-likeness (QED) is 0.782. The van der Waals surface area contributed by atoms with Crippen molar-refractivity contribution in [3.8, 4) is 0 Å². The van der Waals surface area contributed by atoms with Crippen LogP contribution in [0.5, 0.6) is 0 Å². The van der Waals surface area contributed by atoms with Crippen molar-refractivity contribution >= 4 is 32.8 Å². The van der Waals surface area contributed by atoms with Gasteiger partial charge in [-0.25, -0.2) is 8.42 Å². The van der Waals surface area contributed by atoms with Gasteiger partial charge in [-0.05, 0) is 53.5 Å². The molecular weight excluding hydrogens is 276 g/mol. The molecule has 96 valence electrons. The lowest BCUT2D eigenvalue weighted by atomic mass is 9.88. The largest absolute Gasteiger partial charge is 0.229 e. The Bertz CT molecular complexity index is 439. The minimum Gasteiger partial charge on any atom is -0.229 e. The molecule has 1 saturated heterocycles. The Balaban J connectivity index is 1.89. The summed E-state index contributed by atoms with van der Waals surface area (Å²) in [4.78, 5) is 0. The fourth-order valence-electron chi connectivity index (χ4n) is 2.42. The first-order valence-electron chi connectivity index (χ1n) is 5.88. The molecule has 1 aliphatic rings. The molecular formula is C12H17ClO2S2. The number of thiophene rings is 1. The van der Waals surface area contributed by atoms with Crippen molar-refractivity contribution in [3.05, 3.63) is 22.4 Å². The van der Waals surface area contributed by atoms with Gasteiger partial charge in [0.05, 0.1) is 11.5 Å². The fraction of sp³-hybridized carbons (Fsp3) is 0.667. The van der Waals surface area contributed by atoms with Gasteiger partial charge in [0.1, 0.15) is 0 Å². The van der Waals surface area contributed by atoms with Crippen LogP contribution < -0.4 is 0 Å². The lowest BCUT2D eigenvalue weighted by Gasteiger charge is -2.19. The molecule has 0 spiro atoms. The average Bonchev–Trinajstić information content (AvgIpc) is 2.89. The molecule has 1 aliphatic heterocycles. The molecule has 2 nitrogen and oxygen atoms in total. The highest BCUT2D eigenvalue weighted by Crippen LogP contribution is 2.30. The van der Waals surface area contributed by atoms with Gasteiger partial charge in [-0.1, -0.05) is 0 Å². The first-order valence-corrected chi connectivity index (χ1v) is 9.18. The van der Waals surface area contributed by atoms with Gasteiger partial charge in [0.2, 0.25) is 0 Å². The SMILES string of the molecule is O=S1(=O)CCC(C(CCl)CCc2ccsc2)C1. The molecule has 0 aromatic carbocycles. The molecule has 1 fully saturated rings. The molecule has 2 unspecified atom stereocenters. The molecule has 2 heterocycles. The summed E-state index contributed by atoms with van der Waals surface area (Å²) in [5, 5.41) is 4.22. The molecule has 0 saturated carbocycles. The van der Waals surface area contributed by atoms with Gasteiger partial charge in [0, 0.05) is 5.88 Å². The van der Waals surface area contributed by atoms with Crippen molar-refractivity contribution in [1.29, 1.82) is 0 Å². The summed E-state index contributed by atoms with van der Waals surface area (Å²) in [5.74, 6) is 1.88. The Morgan fingerprint density at radius 3 is 2.88 bits per heavy atom. The van der Waals surface area contributed by atoms with Crippen LogP contribution in [0.2, 0.25) is 0 Å². The summed E-state index contributed by atoms with van der Waals surface area (Å²) in [5.41, 5.74) is 1.34. The van der Waals surface area contributed by atoms with E-state index in [4.69, 9.17) is 11.6 Å². The monoisotopic (exact) mass is 292 g/mol. The van der Waals surface area contributed by atoms with E-state index in [2.05, 4.69) is 16.8 Å². The van der Waals surface area contributed by atoms with Crippen LogP contribution in [-0.4, -0.2) is 25.8 Å². The summed E-state index contributed by atoms with van der Waals surface area (Å²) in [6.07, 6.45) is 2.81. The predicted molar refractivity (Wildman–Crippen MR) is 73.6 cm³/mol. The van der Waals surface area contributed by atoms with Gasteiger partial charge >= 0.3 is 0 Å². The van der Waals surface area contributed by atoms with Crippen LogP contribution in [0, 0.1) is 11.8 Å². The van der Waals surface area contributed by atoms with Crippen LogP contribution in [0.1, 0.15) is 18.4 Å². The highest BCUT2D eigenvalue weighted by molar-refractivity contribution is 7.91. The number of alkyl halides is 1. The number of aryl methyl sites for hydroxylation is 1. The summed E-state index contributed by atoms with van der Waals surface area (Å²) in [6, 6.07) is 2.13. The van der Waals surface area contributed by atoms with E-state index in [1.165, 1.54) is 5.56 Å². The van der Waals surface area contributed by atoms with Crippen LogP contribution in [0.15, 0.2) is 16.8 Å². The van der Waals surface area contributed by atoms with Gasteiger partial charge in [-0.15, -0.1) is 11.6 Å². The van der Waals surface area contributed by atoms with E-state index in [9.17, 15) is 8.42 Å². The van der Waals surface area contributed by atoms with Crippen molar-refractivity contribution in [3.63, 3.8) is 0 Å². The van der Waals surface area contributed by atoms with Crippen LogP contribution >= 0.6 is 22.9 Å². The molecule has 0 aliphatic carbocycles. The third-order valence-electron chi connectivity index (χ3n) is 3.52. The van der Waals surface area contributed by atoms with Crippen molar-refractivity contribution in [2.24, 2.45) is 11.8 Å². The van der Waals surface area contributed by atoms with E-state index in [0.29, 0.717) is 23.3 Å². The zero-order chi connectivity index (χ0) is 12.3. The Morgan fingerprint density at radius 2 is 2.35 bits per heavy atom. The molecule has 2 rings (SSSR count). The van der Waals surface area contributed by atoms with E-state index >= 15 is 0 Å². The normalized spacial score (nSPS) is 24.9. The number of rotatable bonds is 5. The smallest absolute Gasteiger partial charge is 0.150 e. The maximum absolute atomic E-state index is 11.5. The van der Waals surface area contributed by atoms with Crippen molar-refractivity contribution < 1.29 is 8.42 Å². The number of hydrogen-bond donors (Lipinski definition) is 0. The summed E-state index contributed by atoms with van der Waals surface area (Å²) < 4.78 is 22.9. The van der Waals surface area contributed by atoms with E-state index in [-0.39, 0.29) is 5.92 Å². The summed E-state index contributed by atoms with van der Waals surface area (Å²) in [7, 11) is -2.78. The van der Waals surface area contributed by atoms with Gasteiger partial charge in [0.15, 0.2) is 9.84 Å². The van der Waals surface area contributed by atoms with E-state index in [0.717, 1.165) is 19.3 Å². The molecule has 1 aromatic rings. The standard InChI is InChI=1S/C12H17ClO2S2/c13-7-11(2-1-10-3-5-16-8-10)12-4-6-17(14,15)9-12/h3,5,8,11-12H,1-2,4,6-7,9H2. The molecule has 2 atom stereocenters. The summed E-state index contributed by atoms with van der Waals surface area (Å²) >= 11 is 7.69. The minimum atomic E-state index is -2.78. The molecule has 1 aromatic heterocycles. The highest BCUT2D eigenvalue weighted by Gasteiger charge is 2.32. The number of sulfone groups is 1. The third-order valence-corrected chi connectivity index (χ3v) is 6.44. The second-order valence-electron chi connectivity index (χ2n) is 4.75. The Morgan fingerprint density at radius 1 is 1.53 bits per heavy atom. The van der Waals surface area contributed by atoms with Gasteiger partial charge in [0.25, 0.3) is 0 Å². The predicted octanol–water partition coefficient (Wildman–Crippen LogP) is 2.97. The first-order chi connectivity index (χ1) is 8.11. The Kier molecular flexibility index (Phi) is 4.50. The van der Waals surface area contributed by atoms with Crippen LogP contribution in [-0.2, 0) is 16.3 Å². The highest BCUT2D eigenvalue weighted by atomic mass is 35.5. The fourth-order valence-corrected chi connectivity index (χ4v) is 5.45. The van der Waals surface area contributed by atoms with Crippen molar-refractivity contribution in [2.45, 2.75) is 19.3 Å². The second kappa shape index (κ2) is 5.72. The maximum atomic E-state index is 11.5. The van der Waals surface area contributed by atoms with Crippen LogP contribution in [0.3, 0.4) is 0 Å². The molecule has 17 heavy (non-hydrogen) atoms. The van der Waals surface area contributed by atoms with E-state index in [1.807, 2.05) is 0 Å². The topological polar surface area (TPSA) is 34.1 Å². The third kappa shape index (κ3) is 3.70. The average molecular weight is 293 g/mol. The zero-order valence-electron chi connectivity index (χ0n) is 9.64. The maximum Gasteiger partial charge on any atom is 0.150 e. The molecule has 5 heteroatoms. The first kappa shape index (κ1) is 13.4. The lowest BCUT2D eigenvalue weighted by molar-refractivity contribution is 0.376. The van der Waals surface area contributed by atoms with Crippen molar-refractivity contribution in [2.75, 3.05) is 17.4 Å². The molecule has 0 amide bonds.